The molecule has 98 valence electrons. The number of methoxy groups -OCH3 is 1. The van der Waals surface area contributed by atoms with Crippen molar-refractivity contribution in [3.63, 3.8) is 0 Å². The molecule has 0 bridgehead atoms. The van der Waals surface area contributed by atoms with Gasteiger partial charge in [0.25, 0.3) is 5.91 Å². The molecule has 5 heteroatoms. The maximum Gasteiger partial charge on any atom is 0.259 e. The number of aromatic nitrogens is 1. The first-order valence-corrected chi connectivity index (χ1v) is 5.75. The van der Waals surface area contributed by atoms with Gasteiger partial charge in [-0.15, -0.1) is 0 Å². The van der Waals surface area contributed by atoms with Gasteiger partial charge < -0.3 is 10.5 Å². The molecular formula is C14H15N3O2. The summed E-state index contributed by atoms with van der Waals surface area (Å²) in [5.74, 6) is 0.976. The van der Waals surface area contributed by atoms with Gasteiger partial charge in [-0.25, -0.2) is 4.98 Å². The number of amides is 1. The number of ether oxygens (including phenoxy) is 1. The molecule has 2 aromatic rings. The van der Waals surface area contributed by atoms with Gasteiger partial charge in [0.15, 0.2) is 0 Å². The second-order valence-electron chi connectivity index (χ2n) is 4.04. The largest absolute Gasteiger partial charge is 0.497 e. The van der Waals surface area contributed by atoms with E-state index < -0.39 is 0 Å². The molecule has 2 N–H and O–H groups in total. The highest BCUT2D eigenvalue weighted by molar-refractivity contribution is 6.05. The summed E-state index contributed by atoms with van der Waals surface area (Å²) in [6, 6.07) is 10.3. The Hall–Kier alpha value is -2.56. The summed E-state index contributed by atoms with van der Waals surface area (Å²) in [6.07, 6.45) is 1.57. The first-order chi connectivity index (χ1) is 9.11. The Bertz CT molecular complexity index is 599. The van der Waals surface area contributed by atoms with Crippen LogP contribution >= 0.6 is 0 Å². The summed E-state index contributed by atoms with van der Waals surface area (Å²) in [5, 5.41) is 0. The molecule has 0 saturated carbocycles. The second kappa shape index (κ2) is 5.39. The molecule has 1 amide bonds. The van der Waals surface area contributed by atoms with Gasteiger partial charge in [0.05, 0.1) is 7.11 Å². The predicted molar refractivity (Wildman–Crippen MR) is 74.4 cm³/mol. The van der Waals surface area contributed by atoms with E-state index in [1.54, 1.807) is 56.8 Å². The zero-order valence-electron chi connectivity index (χ0n) is 10.8. The van der Waals surface area contributed by atoms with Crippen molar-refractivity contribution < 1.29 is 9.53 Å². The van der Waals surface area contributed by atoms with Crippen LogP contribution in [-0.2, 0) is 0 Å². The minimum absolute atomic E-state index is 0.169. The molecule has 2 rings (SSSR count). The summed E-state index contributed by atoms with van der Waals surface area (Å²) in [7, 11) is 3.22. The number of hydrogen-bond acceptors (Lipinski definition) is 4. The number of pyridine rings is 1. The van der Waals surface area contributed by atoms with Gasteiger partial charge in [0.1, 0.15) is 11.6 Å². The van der Waals surface area contributed by atoms with Gasteiger partial charge in [-0.1, -0.05) is 6.07 Å². The van der Waals surface area contributed by atoms with Crippen LogP contribution in [0.3, 0.4) is 0 Å². The molecule has 1 heterocycles. The van der Waals surface area contributed by atoms with Crippen molar-refractivity contribution in [2.75, 3.05) is 24.8 Å². The number of nitrogens with zero attached hydrogens (tertiary/aromatic N) is 2. The highest BCUT2D eigenvalue weighted by Gasteiger charge is 2.15. The third kappa shape index (κ3) is 2.82. The molecule has 0 fully saturated rings. The number of anilines is 2. The Balaban J connectivity index is 2.28. The number of rotatable bonds is 3. The van der Waals surface area contributed by atoms with Gasteiger partial charge in [-0.2, -0.15) is 0 Å². The van der Waals surface area contributed by atoms with E-state index >= 15 is 0 Å². The Kier molecular flexibility index (Phi) is 3.66. The van der Waals surface area contributed by atoms with E-state index in [9.17, 15) is 4.79 Å². The summed E-state index contributed by atoms with van der Waals surface area (Å²) in [6.45, 7) is 0. The Morgan fingerprint density at radius 3 is 2.79 bits per heavy atom. The van der Waals surface area contributed by atoms with Gasteiger partial charge >= 0.3 is 0 Å². The molecule has 5 nitrogen and oxygen atoms in total. The van der Waals surface area contributed by atoms with Gasteiger partial charge in [-0.3, -0.25) is 9.69 Å². The SMILES string of the molecule is COc1cccc(C(=O)N(C)c2cc(N)ccn2)c1. The van der Waals surface area contributed by atoms with Crippen LogP contribution in [0.4, 0.5) is 11.5 Å². The average Bonchev–Trinajstić information content (AvgIpc) is 2.45. The molecule has 0 spiro atoms. The van der Waals surface area contributed by atoms with Crippen molar-refractivity contribution in [2.45, 2.75) is 0 Å². The monoisotopic (exact) mass is 257 g/mol. The van der Waals surface area contributed by atoms with E-state index in [1.807, 2.05) is 0 Å². The molecular weight excluding hydrogens is 242 g/mol. The number of nitrogens with two attached hydrogens (primary N) is 1. The predicted octanol–water partition coefficient (Wildman–Crippen LogP) is 1.95. The lowest BCUT2D eigenvalue weighted by atomic mass is 10.2. The number of benzene rings is 1. The highest BCUT2D eigenvalue weighted by atomic mass is 16.5. The Morgan fingerprint density at radius 1 is 1.32 bits per heavy atom. The van der Waals surface area contributed by atoms with Gasteiger partial charge in [0.2, 0.25) is 0 Å². The van der Waals surface area contributed by atoms with E-state index in [2.05, 4.69) is 4.98 Å². The molecule has 1 aromatic carbocycles. The van der Waals surface area contributed by atoms with Crippen LogP contribution in [0.2, 0.25) is 0 Å². The van der Waals surface area contributed by atoms with Crippen LogP contribution in [0.25, 0.3) is 0 Å². The fourth-order valence-electron chi connectivity index (χ4n) is 1.67. The molecule has 0 radical (unpaired) electrons. The minimum Gasteiger partial charge on any atom is -0.497 e. The Labute approximate surface area is 111 Å². The lowest BCUT2D eigenvalue weighted by Crippen LogP contribution is -2.27. The number of carbonyl (C=O) groups is 1. The third-order valence-electron chi connectivity index (χ3n) is 2.73. The van der Waals surface area contributed by atoms with Crippen molar-refractivity contribution in [3.8, 4) is 5.75 Å². The van der Waals surface area contributed by atoms with Crippen molar-refractivity contribution in [1.82, 2.24) is 4.98 Å². The number of nitrogen functional groups attached to an aromatic ring is 1. The molecule has 1 aromatic heterocycles. The first-order valence-electron chi connectivity index (χ1n) is 5.75. The standard InChI is InChI=1S/C14H15N3O2/c1-17(13-9-11(15)6-7-16-13)14(18)10-4-3-5-12(8-10)19-2/h3-9H,1-2H3,(H2,15,16). The van der Waals surface area contributed by atoms with Crippen LogP contribution in [-0.4, -0.2) is 25.0 Å². The summed E-state index contributed by atoms with van der Waals surface area (Å²) >= 11 is 0. The smallest absolute Gasteiger partial charge is 0.259 e. The van der Waals surface area contributed by atoms with Crippen LogP contribution in [0, 0.1) is 0 Å². The van der Waals surface area contributed by atoms with Crippen molar-refractivity contribution in [1.29, 1.82) is 0 Å². The molecule has 0 atom stereocenters. The number of hydrogen-bond donors (Lipinski definition) is 1. The summed E-state index contributed by atoms with van der Waals surface area (Å²) < 4.78 is 5.10. The van der Waals surface area contributed by atoms with Crippen LogP contribution in [0.1, 0.15) is 10.4 Å². The summed E-state index contributed by atoms with van der Waals surface area (Å²) in [5.41, 5.74) is 6.78. The molecule has 0 saturated heterocycles. The quantitative estimate of drug-likeness (QED) is 0.912. The van der Waals surface area contributed by atoms with Crippen molar-refractivity contribution >= 4 is 17.4 Å². The van der Waals surface area contributed by atoms with Gasteiger partial charge in [-0.05, 0) is 24.3 Å². The van der Waals surface area contributed by atoms with Crippen LogP contribution in [0.15, 0.2) is 42.6 Å². The maximum atomic E-state index is 12.3. The van der Waals surface area contributed by atoms with E-state index in [0.29, 0.717) is 22.8 Å². The lowest BCUT2D eigenvalue weighted by Gasteiger charge is -2.16. The zero-order valence-corrected chi connectivity index (χ0v) is 10.8. The second-order valence-corrected chi connectivity index (χ2v) is 4.04. The average molecular weight is 257 g/mol. The fraction of sp³-hybridized carbons (Fsp3) is 0.143. The Morgan fingerprint density at radius 2 is 2.11 bits per heavy atom. The topological polar surface area (TPSA) is 68.5 Å². The van der Waals surface area contributed by atoms with Crippen molar-refractivity contribution in [3.05, 3.63) is 48.2 Å². The molecule has 0 unspecified atom stereocenters. The molecule has 0 aliphatic heterocycles. The fourth-order valence-corrected chi connectivity index (χ4v) is 1.67. The van der Waals surface area contributed by atoms with Crippen LogP contribution in [0.5, 0.6) is 5.75 Å². The molecule has 0 aliphatic rings. The van der Waals surface area contributed by atoms with E-state index in [0.717, 1.165) is 0 Å². The van der Waals surface area contributed by atoms with Crippen LogP contribution < -0.4 is 15.4 Å². The molecule has 0 aliphatic carbocycles. The minimum atomic E-state index is -0.169. The van der Waals surface area contributed by atoms with E-state index in [-0.39, 0.29) is 5.91 Å². The zero-order chi connectivity index (χ0) is 13.8. The normalized spacial score (nSPS) is 10.0. The summed E-state index contributed by atoms with van der Waals surface area (Å²) in [4.78, 5) is 17.9. The third-order valence-corrected chi connectivity index (χ3v) is 2.73. The van der Waals surface area contributed by atoms with E-state index in [1.165, 1.54) is 4.90 Å². The van der Waals surface area contributed by atoms with Gasteiger partial charge in [0, 0.05) is 30.6 Å². The lowest BCUT2D eigenvalue weighted by molar-refractivity contribution is 0.0992. The highest BCUT2D eigenvalue weighted by Crippen LogP contribution is 2.18. The first kappa shape index (κ1) is 12.9. The van der Waals surface area contributed by atoms with E-state index in [4.69, 9.17) is 10.5 Å². The number of carbonyl (C=O) groups excluding carboxylic acids is 1. The van der Waals surface area contributed by atoms with Crippen molar-refractivity contribution in [2.24, 2.45) is 0 Å². The molecule has 19 heavy (non-hydrogen) atoms. The maximum absolute atomic E-state index is 12.3.